The number of guanidine groups is 1. The Kier molecular flexibility index (Phi) is 15.3. The zero-order valence-electron chi connectivity index (χ0n) is 28.7. The molecule has 4 amide bonds. The van der Waals surface area contributed by atoms with Gasteiger partial charge in [0.15, 0.2) is 5.96 Å². The van der Waals surface area contributed by atoms with E-state index in [0.717, 1.165) is 51.3 Å². The molecule has 11 N–H and O–H groups in total. The van der Waals surface area contributed by atoms with E-state index in [4.69, 9.17) is 21.9 Å². The zero-order valence-corrected chi connectivity index (χ0v) is 28.7. The van der Waals surface area contributed by atoms with Gasteiger partial charge >= 0.3 is 12.1 Å². The lowest BCUT2D eigenvalue weighted by atomic mass is 9.95. The lowest BCUT2D eigenvalue weighted by Gasteiger charge is -2.33. The fourth-order valence-corrected chi connectivity index (χ4v) is 4.62. The predicted molar refractivity (Wildman–Crippen MR) is 188 cm³/mol. The lowest BCUT2D eigenvalue weighted by molar-refractivity contribution is 0.243. The van der Waals surface area contributed by atoms with Gasteiger partial charge in [-0.25, -0.2) is 14.6 Å². The Morgan fingerprint density at radius 3 is 2.34 bits per heavy atom. The van der Waals surface area contributed by atoms with Crippen LogP contribution in [0.3, 0.4) is 0 Å². The van der Waals surface area contributed by atoms with E-state index in [0.29, 0.717) is 29.6 Å². The number of urea groups is 2. The molecule has 2 heterocycles. The summed E-state index contributed by atoms with van der Waals surface area (Å²) in [6.45, 7) is 16.7. The number of carbonyl (C=O) groups is 2. The molecule has 3 rings (SSSR count). The summed E-state index contributed by atoms with van der Waals surface area (Å²) in [5.41, 5.74) is 16.3. The van der Waals surface area contributed by atoms with E-state index < -0.39 is 6.03 Å². The van der Waals surface area contributed by atoms with Crippen LogP contribution in [-0.4, -0.2) is 79.4 Å². The molecule has 0 bridgehead atoms. The minimum atomic E-state index is -0.602. The molecular weight excluding hydrogens is 602 g/mol. The quantitative estimate of drug-likeness (QED) is 0.0948. The molecule has 2 aromatic rings. The molecule has 0 spiro atoms. The Morgan fingerprint density at radius 2 is 1.74 bits per heavy atom. The van der Waals surface area contributed by atoms with E-state index in [9.17, 15) is 14.4 Å². The SMILES string of the molecule is CC(C)(C)NC(=O)Nc1ccccc1OCCNC(N)=O.CC(C)(C)c1ncc(N2CCC(CNCCCN=C(N)N)CC2)c(=O)[nH]1. The highest BCUT2D eigenvalue weighted by Gasteiger charge is 2.23. The Hall–Kier alpha value is -4.53. The number of amides is 4. The van der Waals surface area contributed by atoms with Crippen LogP contribution in [0.25, 0.3) is 0 Å². The highest BCUT2D eigenvalue weighted by atomic mass is 16.5. The second-order valence-electron chi connectivity index (χ2n) is 13.5. The number of aromatic amines is 1. The van der Waals surface area contributed by atoms with Crippen molar-refractivity contribution in [2.24, 2.45) is 28.1 Å². The molecule has 1 aliphatic heterocycles. The number of carbonyl (C=O) groups excluding carboxylic acids is 2. The molecule has 1 aromatic carbocycles. The number of aliphatic imine (C=N–C) groups is 1. The second kappa shape index (κ2) is 18.6. The average Bonchev–Trinajstić information content (AvgIpc) is 2.97. The molecule has 47 heavy (non-hydrogen) atoms. The Balaban J connectivity index is 0.000000335. The summed E-state index contributed by atoms with van der Waals surface area (Å²) in [6, 6.07) is 6.14. The molecule has 1 fully saturated rings. The number of primary amides is 1. The number of rotatable bonds is 12. The number of para-hydroxylation sites is 2. The van der Waals surface area contributed by atoms with Gasteiger partial charge in [0.25, 0.3) is 5.56 Å². The molecule has 0 aliphatic carbocycles. The highest BCUT2D eigenvalue weighted by Crippen LogP contribution is 2.24. The molecule has 262 valence electrons. The molecule has 15 nitrogen and oxygen atoms in total. The van der Waals surface area contributed by atoms with Crippen LogP contribution in [0.5, 0.6) is 5.75 Å². The number of hydrogen-bond donors (Lipinski definition) is 8. The van der Waals surface area contributed by atoms with Crippen LogP contribution in [0.4, 0.5) is 21.0 Å². The summed E-state index contributed by atoms with van der Waals surface area (Å²) in [7, 11) is 0. The number of benzene rings is 1. The Morgan fingerprint density at radius 1 is 1.06 bits per heavy atom. The summed E-state index contributed by atoms with van der Waals surface area (Å²) >= 11 is 0. The molecule has 0 saturated carbocycles. The van der Waals surface area contributed by atoms with Gasteiger partial charge in [0.2, 0.25) is 0 Å². The van der Waals surface area contributed by atoms with Crippen LogP contribution in [-0.2, 0) is 5.41 Å². The summed E-state index contributed by atoms with van der Waals surface area (Å²) in [5, 5.41) is 11.4. The standard InChI is InChI=1S/C18H33N7O.C14H22N4O3/c1-18(2,3)16-23-12-14(15(26)24-16)25-9-5-13(6-10-25)11-21-7-4-8-22-17(19)20;1-14(2,3)18-13(20)17-10-6-4-5-7-11(10)21-9-8-16-12(15)19/h12-13,21H,4-11H2,1-3H3,(H4,19,20,22)(H,23,24,26);4-7H,8-9H2,1-3H3,(H3,15,16,19)(H2,17,18,20). The van der Waals surface area contributed by atoms with Crippen molar-refractivity contribution in [3.63, 3.8) is 0 Å². The van der Waals surface area contributed by atoms with Crippen molar-refractivity contribution in [2.75, 3.05) is 56.1 Å². The minimum Gasteiger partial charge on any atom is -0.490 e. The third-order valence-corrected chi connectivity index (χ3v) is 6.97. The molecule has 1 saturated heterocycles. The lowest BCUT2D eigenvalue weighted by Crippen LogP contribution is -2.43. The number of nitrogens with two attached hydrogens (primary N) is 3. The number of ether oxygens (including phenoxy) is 1. The van der Waals surface area contributed by atoms with Gasteiger partial charge < -0.3 is 53.1 Å². The summed E-state index contributed by atoms with van der Waals surface area (Å²) < 4.78 is 5.51. The maximum Gasteiger partial charge on any atom is 0.319 e. The van der Waals surface area contributed by atoms with E-state index in [-0.39, 0.29) is 41.7 Å². The number of piperidine rings is 1. The molecule has 1 aliphatic rings. The van der Waals surface area contributed by atoms with Crippen molar-refractivity contribution in [1.82, 2.24) is 25.9 Å². The topological polar surface area (TPSA) is 231 Å². The highest BCUT2D eigenvalue weighted by molar-refractivity contribution is 5.91. The maximum absolute atomic E-state index is 12.4. The summed E-state index contributed by atoms with van der Waals surface area (Å²) in [4.78, 5) is 48.3. The molecule has 0 unspecified atom stereocenters. The third-order valence-electron chi connectivity index (χ3n) is 6.97. The van der Waals surface area contributed by atoms with Crippen LogP contribution in [0.15, 0.2) is 40.2 Å². The zero-order chi connectivity index (χ0) is 35.0. The fourth-order valence-electron chi connectivity index (χ4n) is 4.62. The van der Waals surface area contributed by atoms with Crippen LogP contribution in [0.1, 0.15) is 66.6 Å². The number of aromatic nitrogens is 2. The van der Waals surface area contributed by atoms with Crippen molar-refractivity contribution in [2.45, 2.75) is 71.8 Å². The average molecular weight is 658 g/mol. The molecule has 0 atom stereocenters. The summed E-state index contributed by atoms with van der Waals surface area (Å²) in [6.07, 6.45) is 4.79. The van der Waals surface area contributed by atoms with Crippen molar-refractivity contribution >= 4 is 29.4 Å². The van der Waals surface area contributed by atoms with E-state index in [1.54, 1.807) is 30.5 Å². The van der Waals surface area contributed by atoms with Crippen molar-refractivity contribution in [3.8, 4) is 5.75 Å². The van der Waals surface area contributed by atoms with Crippen LogP contribution < -0.4 is 53.7 Å². The number of H-pyrrole nitrogens is 1. The van der Waals surface area contributed by atoms with Crippen molar-refractivity contribution in [1.29, 1.82) is 0 Å². The maximum atomic E-state index is 12.4. The first kappa shape index (κ1) is 38.7. The number of hydrogen-bond acceptors (Lipinski definition) is 8. The van der Waals surface area contributed by atoms with E-state index in [2.05, 4.69) is 41.1 Å². The van der Waals surface area contributed by atoms with Gasteiger partial charge in [-0.2, -0.15) is 0 Å². The van der Waals surface area contributed by atoms with Gasteiger partial charge in [-0.15, -0.1) is 0 Å². The van der Waals surface area contributed by atoms with Gasteiger partial charge in [-0.05, 0) is 71.2 Å². The fraction of sp³-hybridized carbons (Fsp3) is 0.594. The molecule has 15 heteroatoms. The minimum absolute atomic E-state index is 0.0405. The largest absolute Gasteiger partial charge is 0.490 e. The van der Waals surface area contributed by atoms with Crippen molar-refractivity contribution in [3.05, 3.63) is 46.6 Å². The summed E-state index contributed by atoms with van der Waals surface area (Å²) in [5.74, 6) is 2.03. The number of nitrogens with zero attached hydrogens (tertiary/aromatic N) is 3. The van der Waals surface area contributed by atoms with E-state index >= 15 is 0 Å². The van der Waals surface area contributed by atoms with Crippen LogP contribution in [0.2, 0.25) is 0 Å². The van der Waals surface area contributed by atoms with Gasteiger partial charge in [0.1, 0.15) is 23.9 Å². The normalized spacial score (nSPS) is 13.5. The third kappa shape index (κ3) is 15.5. The molecule has 1 aromatic heterocycles. The van der Waals surface area contributed by atoms with Crippen molar-refractivity contribution < 1.29 is 14.3 Å². The first-order valence-electron chi connectivity index (χ1n) is 16.0. The van der Waals surface area contributed by atoms with Gasteiger partial charge in [0.05, 0.1) is 18.4 Å². The predicted octanol–water partition coefficient (Wildman–Crippen LogP) is 2.19. The van der Waals surface area contributed by atoms with Crippen LogP contribution >= 0.6 is 0 Å². The van der Waals surface area contributed by atoms with Gasteiger partial charge in [0, 0.05) is 30.6 Å². The van der Waals surface area contributed by atoms with Gasteiger partial charge in [-0.1, -0.05) is 32.9 Å². The van der Waals surface area contributed by atoms with E-state index in [1.165, 1.54) is 0 Å². The first-order chi connectivity index (χ1) is 22.0. The molecular formula is C32H55N11O4. The van der Waals surface area contributed by atoms with Gasteiger partial charge in [-0.3, -0.25) is 9.79 Å². The Labute approximate surface area is 277 Å². The van der Waals surface area contributed by atoms with Crippen LogP contribution in [0, 0.1) is 5.92 Å². The Bertz CT molecular complexity index is 1350. The van der Waals surface area contributed by atoms with E-state index in [1.807, 2.05) is 41.5 Å². The first-order valence-corrected chi connectivity index (χ1v) is 16.0. The smallest absolute Gasteiger partial charge is 0.319 e. The number of nitrogens with one attached hydrogen (secondary N) is 5. The number of anilines is 2. The second-order valence-corrected chi connectivity index (χ2v) is 13.5. The molecule has 0 radical (unpaired) electrons. The monoisotopic (exact) mass is 657 g/mol.